The smallest absolute Gasteiger partial charge is 0.293 e. The SMILES string of the molecule is CC(C)COCCCNC(=O)c1ccc(N2CCOCC2)c([N+](=O)[O-])c1. The first kappa shape index (κ1) is 20.1. The lowest BCUT2D eigenvalue weighted by molar-refractivity contribution is -0.384. The summed E-state index contributed by atoms with van der Waals surface area (Å²) in [5.74, 6) is 0.167. The van der Waals surface area contributed by atoms with Gasteiger partial charge in [0.1, 0.15) is 5.69 Å². The molecule has 26 heavy (non-hydrogen) atoms. The summed E-state index contributed by atoms with van der Waals surface area (Å²) in [6.07, 6.45) is 0.701. The molecule has 1 aliphatic rings. The number of rotatable bonds is 9. The molecule has 0 saturated carbocycles. The summed E-state index contributed by atoms with van der Waals surface area (Å²) in [6, 6.07) is 4.61. The summed E-state index contributed by atoms with van der Waals surface area (Å²) >= 11 is 0. The van der Waals surface area contributed by atoms with Crippen LogP contribution in [0.3, 0.4) is 0 Å². The van der Waals surface area contributed by atoms with Crippen molar-refractivity contribution in [3.8, 4) is 0 Å². The maximum Gasteiger partial charge on any atom is 0.293 e. The molecule has 1 N–H and O–H groups in total. The van der Waals surface area contributed by atoms with E-state index in [1.165, 1.54) is 6.07 Å². The van der Waals surface area contributed by atoms with Crippen LogP contribution in [0.2, 0.25) is 0 Å². The third-order valence-electron chi connectivity index (χ3n) is 3.99. The number of nitro groups is 1. The molecule has 1 saturated heterocycles. The van der Waals surface area contributed by atoms with E-state index < -0.39 is 4.92 Å². The largest absolute Gasteiger partial charge is 0.381 e. The number of nitrogens with zero attached hydrogens (tertiary/aromatic N) is 2. The monoisotopic (exact) mass is 365 g/mol. The second-order valence-electron chi connectivity index (χ2n) is 6.64. The first-order valence-corrected chi connectivity index (χ1v) is 8.96. The average Bonchev–Trinajstić information content (AvgIpc) is 2.64. The van der Waals surface area contributed by atoms with Crippen LogP contribution in [-0.2, 0) is 9.47 Å². The van der Waals surface area contributed by atoms with Crippen LogP contribution in [0.5, 0.6) is 0 Å². The van der Waals surface area contributed by atoms with Crippen molar-refractivity contribution in [2.45, 2.75) is 20.3 Å². The zero-order valence-corrected chi connectivity index (χ0v) is 15.4. The Balaban J connectivity index is 1.93. The predicted molar refractivity (Wildman–Crippen MR) is 98.7 cm³/mol. The molecule has 1 aromatic rings. The van der Waals surface area contributed by atoms with E-state index in [1.54, 1.807) is 12.1 Å². The molecule has 8 heteroatoms. The summed E-state index contributed by atoms with van der Waals surface area (Å²) in [4.78, 5) is 25.1. The Morgan fingerprint density at radius 1 is 1.38 bits per heavy atom. The zero-order valence-electron chi connectivity index (χ0n) is 15.4. The van der Waals surface area contributed by atoms with E-state index in [0.29, 0.717) is 64.1 Å². The summed E-state index contributed by atoms with van der Waals surface area (Å²) in [5.41, 5.74) is 0.758. The van der Waals surface area contributed by atoms with Gasteiger partial charge in [0.2, 0.25) is 0 Å². The number of nitrogens with one attached hydrogen (secondary N) is 1. The fourth-order valence-corrected chi connectivity index (χ4v) is 2.68. The highest BCUT2D eigenvalue weighted by atomic mass is 16.6. The highest BCUT2D eigenvalue weighted by Crippen LogP contribution is 2.29. The molecular weight excluding hydrogens is 338 g/mol. The fraction of sp³-hybridized carbons (Fsp3) is 0.611. The fourth-order valence-electron chi connectivity index (χ4n) is 2.68. The van der Waals surface area contributed by atoms with Crippen LogP contribution in [0.15, 0.2) is 18.2 Å². The topological polar surface area (TPSA) is 93.9 Å². The van der Waals surface area contributed by atoms with Crippen LogP contribution in [0.4, 0.5) is 11.4 Å². The second-order valence-corrected chi connectivity index (χ2v) is 6.64. The Morgan fingerprint density at radius 2 is 2.12 bits per heavy atom. The van der Waals surface area contributed by atoms with Crippen molar-refractivity contribution in [1.82, 2.24) is 5.32 Å². The van der Waals surface area contributed by atoms with Crippen LogP contribution in [-0.4, -0.2) is 56.9 Å². The van der Waals surface area contributed by atoms with E-state index in [2.05, 4.69) is 19.2 Å². The Hall–Kier alpha value is -2.19. The third kappa shape index (κ3) is 5.96. The number of hydrogen-bond acceptors (Lipinski definition) is 6. The van der Waals surface area contributed by atoms with Gasteiger partial charge in [0.05, 0.1) is 18.1 Å². The molecule has 0 aromatic heterocycles. The molecule has 1 amide bonds. The van der Waals surface area contributed by atoms with Gasteiger partial charge >= 0.3 is 0 Å². The van der Waals surface area contributed by atoms with E-state index in [9.17, 15) is 14.9 Å². The van der Waals surface area contributed by atoms with Crippen molar-refractivity contribution in [1.29, 1.82) is 0 Å². The Bertz CT molecular complexity index is 615. The van der Waals surface area contributed by atoms with Crippen LogP contribution >= 0.6 is 0 Å². The minimum atomic E-state index is -0.443. The molecule has 8 nitrogen and oxygen atoms in total. The first-order valence-electron chi connectivity index (χ1n) is 8.96. The number of ether oxygens (including phenoxy) is 2. The van der Waals surface area contributed by atoms with Crippen LogP contribution in [0.1, 0.15) is 30.6 Å². The van der Waals surface area contributed by atoms with Crippen LogP contribution in [0, 0.1) is 16.0 Å². The van der Waals surface area contributed by atoms with Gasteiger partial charge in [0, 0.05) is 44.5 Å². The van der Waals surface area contributed by atoms with Crippen molar-refractivity contribution in [3.05, 3.63) is 33.9 Å². The van der Waals surface area contributed by atoms with Gasteiger partial charge in [-0.3, -0.25) is 14.9 Å². The Labute approximate surface area is 153 Å². The molecule has 1 heterocycles. The van der Waals surface area contributed by atoms with Crippen LogP contribution < -0.4 is 10.2 Å². The maximum atomic E-state index is 12.2. The van der Waals surface area contributed by atoms with E-state index in [1.807, 2.05) is 4.90 Å². The number of benzene rings is 1. The second kappa shape index (κ2) is 10.1. The van der Waals surface area contributed by atoms with Crippen molar-refractivity contribution >= 4 is 17.3 Å². The molecule has 2 rings (SSSR count). The molecule has 0 radical (unpaired) electrons. The lowest BCUT2D eigenvalue weighted by atomic mass is 10.1. The highest BCUT2D eigenvalue weighted by Gasteiger charge is 2.23. The van der Waals surface area contributed by atoms with Gasteiger partial charge in [0.15, 0.2) is 0 Å². The van der Waals surface area contributed by atoms with E-state index >= 15 is 0 Å². The Kier molecular flexibility index (Phi) is 7.80. The number of carbonyl (C=O) groups is 1. The highest BCUT2D eigenvalue weighted by molar-refractivity contribution is 5.95. The molecule has 0 aliphatic carbocycles. The number of hydrogen-bond donors (Lipinski definition) is 1. The van der Waals surface area contributed by atoms with E-state index in [0.717, 1.165) is 0 Å². The number of nitro benzene ring substituents is 1. The molecule has 0 bridgehead atoms. The zero-order chi connectivity index (χ0) is 18.9. The molecule has 0 spiro atoms. The molecular formula is C18H27N3O5. The van der Waals surface area contributed by atoms with Gasteiger partial charge < -0.3 is 19.7 Å². The number of amides is 1. The molecule has 1 aliphatic heterocycles. The molecule has 1 aromatic carbocycles. The van der Waals surface area contributed by atoms with Gasteiger partial charge in [-0.15, -0.1) is 0 Å². The number of anilines is 1. The van der Waals surface area contributed by atoms with E-state index in [-0.39, 0.29) is 17.2 Å². The average molecular weight is 365 g/mol. The van der Waals surface area contributed by atoms with Gasteiger partial charge in [0.25, 0.3) is 11.6 Å². The van der Waals surface area contributed by atoms with Gasteiger partial charge in [-0.05, 0) is 24.5 Å². The summed E-state index contributed by atoms with van der Waals surface area (Å²) in [7, 11) is 0. The maximum absolute atomic E-state index is 12.2. The lowest BCUT2D eigenvalue weighted by Gasteiger charge is -2.28. The van der Waals surface area contributed by atoms with Crippen molar-refractivity contribution in [2.75, 3.05) is 51.0 Å². The first-order chi connectivity index (χ1) is 12.5. The molecule has 1 fully saturated rings. The standard InChI is InChI=1S/C18H27N3O5/c1-14(2)13-26-9-3-6-19-18(22)15-4-5-16(17(12-15)21(23)24)20-7-10-25-11-8-20/h4-5,12,14H,3,6-11,13H2,1-2H3,(H,19,22). The van der Waals surface area contributed by atoms with Gasteiger partial charge in [-0.25, -0.2) is 0 Å². The summed E-state index contributed by atoms with van der Waals surface area (Å²) < 4.78 is 10.7. The number of carbonyl (C=O) groups excluding carboxylic acids is 1. The Morgan fingerprint density at radius 3 is 2.77 bits per heavy atom. The molecule has 0 unspecified atom stereocenters. The van der Waals surface area contributed by atoms with Crippen molar-refractivity contribution in [3.63, 3.8) is 0 Å². The summed E-state index contributed by atoms with van der Waals surface area (Å²) in [5, 5.41) is 14.2. The van der Waals surface area contributed by atoms with Crippen molar-refractivity contribution in [2.24, 2.45) is 5.92 Å². The third-order valence-corrected chi connectivity index (χ3v) is 3.99. The van der Waals surface area contributed by atoms with Gasteiger partial charge in [-0.1, -0.05) is 13.8 Å². The lowest BCUT2D eigenvalue weighted by Crippen LogP contribution is -2.36. The van der Waals surface area contributed by atoms with Crippen molar-refractivity contribution < 1.29 is 19.2 Å². The summed E-state index contributed by atoms with van der Waals surface area (Å²) in [6.45, 7) is 8.18. The molecule has 144 valence electrons. The number of morpholine rings is 1. The quantitative estimate of drug-likeness (QED) is 0.410. The molecule has 0 atom stereocenters. The minimum Gasteiger partial charge on any atom is -0.381 e. The van der Waals surface area contributed by atoms with E-state index in [4.69, 9.17) is 9.47 Å². The normalized spacial score (nSPS) is 14.5. The minimum absolute atomic E-state index is 0.0557. The van der Waals surface area contributed by atoms with Gasteiger partial charge in [-0.2, -0.15) is 0 Å². The van der Waals surface area contributed by atoms with Crippen LogP contribution in [0.25, 0.3) is 0 Å². The predicted octanol–water partition coefficient (Wildman–Crippen LogP) is 2.22.